The Balaban J connectivity index is 1.44. The van der Waals surface area contributed by atoms with Crippen LogP contribution in [0.1, 0.15) is 17.7 Å². The lowest BCUT2D eigenvalue weighted by Gasteiger charge is -2.47. The van der Waals surface area contributed by atoms with Crippen molar-refractivity contribution in [3.63, 3.8) is 0 Å². The third-order valence-corrected chi connectivity index (χ3v) is 5.22. The molecule has 0 amide bonds. The van der Waals surface area contributed by atoms with Gasteiger partial charge in [-0.2, -0.15) is 0 Å². The highest BCUT2D eigenvalue weighted by atomic mass is 16.5. The van der Waals surface area contributed by atoms with Crippen LogP contribution < -0.4 is 0 Å². The second-order valence-corrected chi connectivity index (χ2v) is 6.82. The van der Waals surface area contributed by atoms with E-state index in [1.54, 1.807) is 0 Å². The van der Waals surface area contributed by atoms with Gasteiger partial charge in [-0.15, -0.1) is 0 Å². The fourth-order valence-corrected chi connectivity index (χ4v) is 3.84. The Morgan fingerprint density at radius 2 is 2.04 bits per heavy atom. The second-order valence-electron chi connectivity index (χ2n) is 6.82. The van der Waals surface area contributed by atoms with E-state index in [1.807, 2.05) is 24.9 Å². The van der Waals surface area contributed by atoms with Gasteiger partial charge in [0.1, 0.15) is 0 Å². The number of aryl methyl sites for hydroxylation is 1. The molecule has 6 nitrogen and oxygen atoms in total. The SMILES string of the molecule is Cn1cncc1CN1CC[C@@H]2OCCN(Cc3ccncc3)[C@H]2C1. The number of piperidine rings is 1. The predicted octanol–water partition coefficient (Wildman–Crippen LogP) is 1.29. The highest BCUT2D eigenvalue weighted by Crippen LogP contribution is 2.25. The van der Waals surface area contributed by atoms with Crippen LogP contribution >= 0.6 is 0 Å². The number of fused-ring (bicyclic) bond motifs is 1. The Morgan fingerprint density at radius 3 is 2.83 bits per heavy atom. The summed E-state index contributed by atoms with van der Waals surface area (Å²) in [6, 6.07) is 4.69. The Labute approximate surface area is 143 Å². The number of morpholine rings is 1. The molecule has 0 unspecified atom stereocenters. The summed E-state index contributed by atoms with van der Waals surface area (Å²) < 4.78 is 8.17. The first-order valence-corrected chi connectivity index (χ1v) is 8.72. The van der Waals surface area contributed by atoms with Crippen molar-refractivity contribution in [2.24, 2.45) is 7.05 Å². The summed E-state index contributed by atoms with van der Waals surface area (Å²) >= 11 is 0. The molecule has 0 saturated carbocycles. The van der Waals surface area contributed by atoms with Gasteiger partial charge in [-0.05, 0) is 24.1 Å². The molecular weight excluding hydrogens is 302 g/mol. The van der Waals surface area contributed by atoms with E-state index in [-0.39, 0.29) is 0 Å². The lowest BCUT2D eigenvalue weighted by Crippen LogP contribution is -2.59. The predicted molar refractivity (Wildman–Crippen MR) is 91.3 cm³/mol. The molecule has 0 N–H and O–H groups in total. The summed E-state index contributed by atoms with van der Waals surface area (Å²) in [5.74, 6) is 0. The number of ether oxygens (including phenoxy) is 1. The summed E-state index contributed by atoms with van der Waals surface area (Å²) in [6.45, 7) is 5.93. The maximum absolute atomic E-state index is 6.06. The van der Waals surface area contributed by atoms with E-state index in [2.05, 4.69) is 43.5 Å². The molecule has 0 radical (unpaired) electrons. The normalized spacial score (nSPS) is 25.5. The minimum Gasteiger partial charge on any atom is -0.375 e. The van der Waals surface area contributed by atoms with Gasteiger partial charge < -0.3 is 9.30 Å². The smallest absolute Gasteiger partial charge is 0.0945 e. The van der Waals surface area contributed by atoms with Crippen LogP contribution in [0.4, 0.5) is 0 Å². The Hall–Kier alpha value is -1.76. The molecule has 2 aromatic heterocycles. The first-order chi connectivity index (χ1) is 11.8. The number of hydrogen-bond donors (Lipinski definition) is 0. The van der Waals surface area contributed by atoms with E-state index in [1.165, 1.54) is 11.3 Å². The van der Waals surface area contributed by atoms with Crippen molar-refractivity contribution in [3.05, 3.63) is 48.3 Å². The number of rotatable bonds is 4. The molecular formula is C18H25N5O. The van der Waals surface area contributed by atoms with Crippen molar-refractivity contribution in [3.8, 4) is 0 Å². The number of pyridine rings is 1. The molecule has 6 heteroatoms. The second kappa shape index (κ2) is 7.01. The molecule has 24 heavy (non-hydrogen) atoms. The van der Waals surface area contributed by atoms with Gasteiger partial charge in [0.15, 0.2) is 0 Å². The van der Waals surface area contributed by atoms with Gasteiger partial charge in [0.05, 0.1) is 24.7 Å². The lowest BCUT2D eigenvalue weighted by atomic mass is 9.98. The number of nitrogens with zero attached hydrogens (tertiary/aromatic N) is 5. The first-order valence-electron chi connectivity index (χ1n) is 8.72. The average molecular weight is 327 g/mol. The standard InChI is InChI=1S/C18H25N5O/c1-21-14-20-10-16(21)12-22-7-4-18-17(13-22)23(8-9-24-18)11-15-2-5-19-6-3-15/h2-3,5-6,10,14,17-18H,4,7-9,11-13H2,1H3/t17-,18-/m0/s1. The van der Waals surface area contributed by atoms with Gasteiger partial charge in [-0.3, -0.25) is 14.8 Å². The maximum atomic E-state index is 6.06. The molecule has 2 aromatic rings. The molecule has 4 rings (SSSR count). The van der Waals surface area contributed by atoms with Crippen molar-refractivity contribution >= 4 is 0 Å². The third-order valence-electron chi connectivity index (χ3n) is 5.22. The third kappa shape index (κ3) is 3.36. The molecule has 0 aliphatic carbocycles. The van der Waals surface area contributed by atoms with Crippen molar-refractivity contribution < 1.29 is 4.74 Å². The Morgan fingerprint density at radius 1 is 1.17 bits per heavy atom. The molecule has 128 valence electrons. The first kappa shape index (κ1) is 15.7. The number of imidazole rings is 1. The average Bonchev–Trinajstić information content (AvgIpc) is 3.01. The summed E-state index contributed by atoms with van der Waals surface area (Å²) in [5.41, 5.74) is 2.60. The fourth-order valence-electron chi connectivity index (χ4n) is 3.84. The highest BCUT2D eigenvalue weighted by Gasteiger charge is 2.37. The zero-order valence-corrected chi connectivity index (χ0v) is 14.2. The van der Waals surface area contributed by atoms with Crippen molar-refractivity contribution in [2.45, 2.75) is 31.7 Å². The monoisotopic (exact) mass is 327 g/mol. The highest BCUT2D eigenvalue weighted by molar-refractivity contribution is 5.10. The van der Waals surface area contributed by atoms with E-state index in [0.29, 0.717) is 12.1 Å². The molecule has 0 spiro atoms. The molecule has 0 bridgehead atoms. The number of hydrogen-bond acceptors (Lipinski definition) is 5. The molecule has 4 heterocycles. The lowest BCUT2D eigenvalue weighted by molar-refractivity contribution is -0.107. The quantitative estimate of drug-likeness (QED) is 0.847. The molecule has 2 aliphatic heterocycles. The summed E-state index contributed by atoms with van der Waals surface area (Å²) in [5, 5.41) is 0. The van der Waals surface area contributed by atoms with E-state index in [9.17, 15) is 0 Å². The van der Waals surface area contributed by atoms with Crippen LogP contribution in [-0.2, 0) is 24.9 Å². The maximum Gasteiger partial charge on any atom is 0.0945 e. The van der Waals surface area contributed by atoms with Gasteiger partial charge in [0.25, 0.3) is 0 Å². The van der Waals surface area contributed by atoms with Gasteiger partial charge in [0, 0.05) is 64.4 Å². The largest absolute Gasteiger partial charge is 0.375 e. The van der Waals surface area contributed by atoms with Crippen molar-refractivity contribution in [2.75, 3.05) is 26.2 Å². The Kier molecular flexibility index (Phi) is 4.60. The molecule has 0 aromatic carbocycles. The van der Waals surface area contributed by atoms with Crippen LogP contribution in [0, 0.1) is 0 Å². The zero-order valence-electron chi connectivity index (χ0n) is 14.2. The van der Waals surface area contributed by atoms with Gasteiger partial charge >= 0.3 is 0 Å². The minimum atomic E-state index is 0.364. The van der Waals surface area contributed by atoms with Crippen LogP contribution in [-0.4, -0.2) is 62.7 Å². The summed E-state index contributed by atoms with van der Waals surface area (Å²) in [6.07, 6.45) is 9.07. The van der Waals surface area contributed by atoms with E-state index < -0.39 is 0 Å². The minimum absolute atomic E-state index is 0.364. The van der Waals surface area contributed by atoms with Crippen LogP contribution in [0.2, 0.25) is 0 Å². The van der Waals surface area contributed by atoms with Crippen LogP contribution in [0.25, 0.3) is 0 Å². The van der Waals surface area contributed by atoms with E-state index in [4.69, 9.17) is 4.74 Å². The van der Waals surface area contributed by atoms with Gasteiger partial charge in [0.2, 0.25) is 0 Å². The summed E-state index contributed by atoms with van der Waals surface area (Å²) in [7, 11) is 2.06. The topological polar surface area (TPSA) is 46.4 Å². The fraction of sp³-hybridized carbons (Fsp3) is 0.556. The van der Waals surface area contributed by atoms with Gasteiger partial charge in [-0.25, -0.2) is 4.98 Å². The van der Waals surface area contributed by atoms with Crippen molar-refractivity contribution in [1.82, 2.24) is 24.3 Å². The molecule has 2 fully saturated rings. The molecule has 2 aliphatic rings. The van der Waals surface area contributed by atoms with E-state index >= 15 is 0 Å². The van der Waals surface area contributed by atoms with E-state index in [0.717, 1.165) is 45.8 Å². The zero-order chi connectivity index (χ0) is 16.4. The molecule has 2 atom stereocenters. The van der Waals surface area contributed by atoms with Crippen molar-refractivity contribution in [1.29, 1.82) is 0 Å². The summed E-state index contributed by atoms with van der Waals surface area (Å²) in [4.78, 5) is 13.5. The van der Waals surface area contributed by atoms with Gasteiger partial charge in [-0.1, -0.05) is 0 Å². The van der Waals surface area contributed by atoms with Crippen LogP contribution in [0.3, 0.4) is 0 Å². The van der Waals surface area contributed by atoms with Crippen LogP contribution in [0.5, 0.6) is 0 Å². The molecule has 2 saturated heterocycles. The van der Waals surface area contributed by atoms with Crippen LogP contribution in [0.15, 0.2) is 37.1 Å². The number of aromatic nitrogens is 3. The number of likely N-dealkylation sites (tertiary alicyclic amines) is 1. The Bertz CT molecular complexity index is 658.